The number of pyridine rings is 1. The Morgan fingerprint density at radius 1 is 1.14 bits per heavy atom. The number of ether oxygens (including phenoxy) is 2. The standard InChI is InChI=1S/C26H23Cl2N5O4/c1-6-20(34)30-15-9-7-8-13(2)24(15)32-19-10-14-16(12-29-19)31-25(33(3)26(14)35)21-22(27)17(36-4)11-18(37-5)23(21)28/h6-12H,1H2,2-5H3,(H,29,32)(H,30,34). The Morgan fingerprint density at radius 2 is 1.81 bits per heavy atom. The molecular formula is C26H23Cl2N5O4. The fourth-order valence-electron chi connectivity index (χ4n) is 3.80. The minimum Gasteiger partial charge on any atom is -0.495 e. The molecule has 0 fully saturated rings. The minimum atomic E-state index is -0.350. The highest BCUT2D eigenvalue weighted by Crippen LogP contribution is 2.45. The first-order valence-electron chi connectivity index (χ1n) is 11.0. The molecule has 0 bridgehead atoms. The average Bonchev–Trinajstić information content (AvgIpc) is 2.89. The maximum Gasteiger partial charge on any atom is 0.261 e. The number of methoxy groups -OCH3 is 2. The van der Waals surface area contributed by atoms with Gasteiger partial charge >= 0.3 is 0 Å². The van der Waals surface area contributed by atoms with Crippen LogP contribution >= 0.6 is 23.2 Å². The lowest BCUT2D eigenvalue weighted by Gasteiger charge is -2.17. The Labute approximate surface area is 222 Å². The summed E-state index contributed by atoms with van der Waals surface area (Å²) in [6.07, 6.45) is 2.66. The van der Waals surface area contributed by atoms with Crippen molar-refractivity contribution in [3.63, 3.8) is 0 Å². The fraction of sp³-hybridized carbons (Fsp3) is 0.154. The van der Waals surface area contributed by atoms with Crippen LogP contribution in [-0.2, 0) is 11.8 Å². The van der Waals surface area contributed by atoms with Crippen LogP contribution in [0.15, 0.2) is 54.0 Å². The van der Waals surface area contributed by atoms with E-state index in [1.54, 1.807) is 25.2 Å². The highest BCUT2D eigenvalue weighted by atomic mass is 35.5. The maximum atomic E-state index is 13.4. The second-order valence-corrected chi connectivity index (χ2v) is 8.74. The Kier molecular flexibility index (Phi) is 7.37. The molecular weight excluding hydrogens is 517 g/mol. The Balaban J connectivity index is 1.84. The second-order valence-electron chi connectivity index (χ2n) is 7.99. The van der Waals surface area contributed by atoms with Crippen molar-refractivity contribution in [3.05, 3.63) is 75.1 Å². The van der Waals surface area contributed by atoms with Crippen LogP contribution in [0.5, 0.6) is 11.5 Å². The molecule has 190 valence electrons. The number of carbonyl (C=O) groups is 1. The molecule has 2 heterocycles. The van der Waals surface area contributed by atoms with Gasteiger partial charge in [-0.25, -0.2) is 9.97 Å². The third kappa shape index (κ3) is 4.83. The smallest absolute Gasteiger partial charge is 0.261 e. The van der Waals surface area contributed by atoms with Gasteiger partial charge in [-0.05, 0) is 30.7 Å². The van der Waals surface area contributed by atoms with Gasteiger partial charge < -0.3 is 20.1 Å². The van der Waals surface area contributed by atoms with E-state index in [0.717, 1.165) is 5.56 Å². The summed E-state index contributed by atoms with van der Waals surface area (Å²) in [5.41, 5.74) is 2.33. The number of para-hydroxylation sites is 1. The predicted octanol–water partition coefficient (Wildman–Crippen LogP) is 5.50. The summed E-state index contributed by atoms with van der Waals surface area (Å²) in [5, 5.41) is 6.65. The number of hydrogen-bond donors (Lipinski definition) is 2. The molecule has 0 saturated heterocycles. The first-order chi connectivity index (χ1) is 17.7. The molecule has 0 unspecified atom stereocenters. The number of fused-ring (bicyclic) bond motifs is 1. The summed E-state index contributed by atoms with van der Waals surface area (Å²) in [4.78, 5) is 34.4. The second kappa shape index (κ2) is 10.5. The highest BCUT2D eigenvalue weighted by molar-refractivity contribution is 6.41. The van der Waals surface area contributed by atoms with Crippen molar-refractivity contribution in [1.29, 1.82) is 0 Å². The summed E-state index contributed by atoms with van der Waals surface area (Å²) in [7, 11) is 4.50. The fourth-order valence-corrected chi connectivity index (χ4v) is 4.47. The molecule has 0 aliphatic rings. The molecule has 2 aromatic carbocycles. The monoisotopic (exact) mass is 539 g/mol. The quantitative estimate of drug-likeness (QED) is 0.298. The topological polar surface area (TPSA) is 107 Å². The van der Waals surface area contributed by atoms with E-state index in [9.17, 15) is 9.59 Å². The Morgan fingerprint density at radius 3 is 2.43 bits per heavy atom. The molecule has 2 aromatic heterocycles. The number of aryl methyl sites for hydroxylation is 1. The van der Waals surface area contributed by atoms with E-state index in [4.69, 9.17) is 32.7 Å². The molecule has 2 N–H and O–H groups in total. The van der Waals surface area contributed by atoms with Gasteiger partial charge in [0, 0.05) is 13.1 Å². The average molecular weight is 540 g/mol. The first kappa shape index (κ1) is 26.0. The Bertz CT molecular complexity index is 1590. The number of nitrogens with one attached hydrogen (secondary N) is 2. The molecule has 0 aliphatic heterocycles. The number of rotatable bonds is 7. The number of nitrogens with zero attached hydrogens (tertiary/aromatic N) is 3. The van der Waals surface area contributed by atoms with Crippen LogP contribution in [0.4, 0.5) is 17.2 Å². The van der Waals surface area contributed by atoms with E-state index in [0.29, 0.717) is 45.2 Å². The van der Waals surface area contributed by atoms with Crippen molar-refractivity contribution in [2.24, 2.45) is 7.05 Å². The van der Waals surface area contributed by atoms with Crippen LogP contribution in [0.1, 0.15) is 5.56 Å². The van der Waals surface area contributed by atoms with Crippen molar-refractivity contribution >= 4 is 57.2 Å². The number of halogens is 2. The van der Waals surface area contributed by atoms with Gasteiger partial charge in [-0.2, -0.15) is 0 Å². The van der Waals surface area contributed by atoms with Gasteiger partial charge in [0.1, 0.15) is 23.1 Å². The molecule has 1 amide bonds. The van der Waals surface area contributed by atoms with Gasteiger partial charge in [-0.1, -0.05) is 41.9 Å². The van der Waals surface area contributed by atoms with Gasteiger partial charge in [-0.3, -0.25) is 14.2 Å². The van der Waals surface area contributed by atoms with Crippen LogP contribution in [-0.4, -0.2) is 34.7 Å². The highest BCUT2D eigenvalue weighted by Gasteiger charge is 2.23. The van der Waals surface area contributed by atoms with E-state index >= 15 is 0 Å². The molecule has 0 aliphatic carbocycles. The van der Waals surface area contributed by atoms with Crippen LogP contribution in [0.25, 0.3) is 22.3 Å². The molecule has 0 saturated carbocycles. The summed E-state index contributed by atoms with van der Waals surface area (Å²) >= 11 is 13.1. The lowest BCUT2D eigenvalue weighted by molar-refractivity contribution is -0.111. The van der Waals surface area contributed by atoms with Gasteiger partial charge in [0.15, 0.2) is 0 Å². The van der Waals surface area contributed by atoms with Crippen LogP contribution in [0, 0.1) is 6.92 Å². The normalized spacial score (nSPS) is 10.8. The molecule has 11 heteroatoms. The number of carbonyl (C=O) groups excluding carboxylic acids is 1. The molecule has 0 radical (unpaired) electrons. The number of aromatic nitrogens is 3. The van der Waals surface area contributed by atoms with Crippen LogP contribution in [0.2, 0.25) is 10.0 Å². The number of benzene rings is 2. The van der Waals surface area contributed by atoms with Crippen molar-refractivity contribution < 1.29 is 14.3 Å². The van der Waals surface area contributed by atoms with Crippen molar-refractivity contribution in [1.82, 2.24) is 14.5 Å². The lowest BCUT2D eigenvalue weighted by Crippen LogP contribution is -2.21. The Hall–Kier alpha value is -4.08. The molecule has 0 spiro atoms. The molecule has 0 atom stereocenters. The van der Waals surface area contributed by atoms with Crippen molar-refractivity contribution in [2.45, 2.75) is 6.92 Å². The molecule has 37 heavy (non-hydrogen) atoms. The summed E-state index contributed by atoms with van der Waals surface area (Å²) in [6, 6.07) is 8.60. The van der Waals surface area contributed by atoms with Crippen LogP contribution < -0.4 is 25.7 Å². The zero-order chi connectivity index (χ0) is 26.9. The summed E-state index contributed by atoms with van der Waals surface area (Å²) < 4.78 is 12.0. The first-order valence-corrected chi connectivity index (χ1v) is 11.7. The number of hydrogen-bond acceptors (Lipinski definition) is 7. The number of anilines is 3. The van der Waals surface area contributed by atoms with Gasteiger partial charge in [-0.15, -0.1) is 0 Å². The zero-order valence-corrected chi connectivity index (χ0v) is 22.0. The van der Waals surface area contributed by atoms with E-state index in [1.807, 2.05) is 19.1 Å². The van der Waals surface area contributed by atoms with E-state index in [1.165, 1.54) is 31.1 Å². The number of amides is 1. The summed E-state index contributed by atoms with van der Waals surface area (Å²) in [5.74, 6) is 0.907. The van der Waals surface area contributed by atoms with Gasteiger partial charge in [0.2, 0.25) is 5.91 Å². The third-order valence-corrected chi connectivity index (χ3v) is 6.48. The van der Waals surface area contributed by atoms with E-state index in [2.05, 4.69) is 27.2 Å². The van der Waals surface area contributed by atoms with Crippen LogP contribution in [0.3, 0.4) is 0 Å². The molecule has 9 nitrogen and oxygen atoms in total. The van der Waals surface area contributed by atoms with E-state index in [-0.39, 0.29) is 27.3 Å². The predicted molar refractivity (Wildman–Crippen MR) is 147 cm³/mol. The lowest BCUT2D eigenvalue weighted by atomic mass is 10.1. The van der Waals surface area contributed by atoms with Crippen molar-refractivity contribution in [2.75, 3.05) is 24.9 Å². The van der Waals surface area contributed by atoms with Gasteiger partial charge in [0.25, 0.3) is 5.56 Å². The van der Waals surface area contributed by atoms with Gasteiger partial charge in [0.05, 0.1) is 58.3 Å². The summed E-state index contributed by atoms with van der Waals surface area (Å²) in [6.45, 7) is 5.37. The van der Waals surface area contributed by atoms with E-state index < -0.39 is 0 Å². The maximum absolute atomic E-state index is 13.4. The minimum absolute atomic E-state index is 0.190. The molecule has 4 aromatic rings. The zero-order valence-electron chi connectivity index (χ0n) is 20.5. The third-order valence-electron chi connectivity index (χ3n) is 5.73. The van der Waals surface area contributed by atoms with Crippen molar-refractivity contribution in [3.8, 4) is 22.9 Å². The SMILES string of the molecule is C=CC(=O)Nc1cccc(C)c1Nc1cc2c(=O)n(C)c(-c3c(Cl)c(OC)cc(OC)c3Cl)nc2cn1. The molecule has 4 rings (SSSR count). The largest absolute Gasteiger partial charge is 0.495 e.